The number of aromatic nitrogens is 2. The molecule has 3 aromatic rings. The monoisotopic (exact) mass is 376 g/mol. The fourth-order valence-electron chi connectivity index (χ4n) is 3.28. The van der Waals surface area contributed by atoms with Crippen LogP contribution in [0.25, 0.3) is 0 Å². The van der Waals surface area contributed by atoms with Crippen molar-refractivity contribution >= 4 is 5.91 Å². The second kappa shape index (κ2) is 9.33. The summed E-state index contributed by atoms with van der Waals surface area (Å²) in [6.07, 6.45) is 0.786. The summed E-state index contributed by atoms with van der Waals surface area (Å²) in [6, 6.07) is 20.0. The zero-order chi connectivity index (χ0) is 19.9. The van der Waals surface area contributed by atoms with Crippen molar-refractivity contribution in [1.29, 1.82) is 0 Å². The molecule has 1 amide bonds. The van der Waals surface area contributed by atoms with Crippen LogP contribution in [0.15, 0.2) is 60.7 Å². The molecule has 5 nitrogen and oxygen atoms in total. The number of carbonyl (C=O) groups is 1. The van der Waals surface area contributed by atoms with E-state index < -0.39 is 0 Å². The average molecular weight is 377 g/mol. The minimum Gasteiger partial charge on any atom is -0.334 e. The largest absolute Gasteiger partial charge is 0.334 e. The van der Waals surface area contributed by atoms with Crippen LogP contribution in [0.4, 0.5) is 0 Å². The molecule has 2 N–H and O–H groups in total. The van der Waals surface area contributed by atoms with Crippen molar-refractivity contribution in [2.24, 2.45) is 5.73 Å². The van der Waals surface area contributed by atoms with Gasteiger partial charge in [-0.15, -0.1) is 0 Å². The van der Waals surface area contributed by atoms with Crippen molar-refractivity contribution in [3.8, 4) is 0 Å². The molecule has 0 fully saturated rings. The molecule has 0 radical (unpaired) electrons. The Morgan fingerprint density at radius 2 is 1.75 bits per heavy atom. The predicted octanol–water partition coefficient (Wildman–Crippen LogP) is 3.54. The normalized spacial score (nSPS) is 10.8. The van der Waals surface area contributed by atoms with Gasteiger partial charge in [-0.25, -0.2) is 0 Å². The number of nitrogens with two attached hydrogens (primary N) is 1. The SMILES string of the molecule is Cc1cc(C)n(Cc2ccc(C(=O)N(CCCN)Cc3ccccc3)cc2)n1. The van der Waals surface area contributed by atoms with E-state index in [1.54, 1.807) is 0 Å². The van der Waals surface area contributed by atoms with Gasteiger partial charge < -0.3 is 10.6 Å². The number of aryl methyl sites for hydroxylation is 2. The van der Waals surface area contributed by atoms with Gasteiger partial charge in [0, 0.05) is 24.3 Å². The molecule has 5 heteroatoms. The molecule has 0 atom stereocenters. The molecule has 146 valence electrons. The van der Waals surface area contributed by atoms with Gasteiger partial charge in [-0.1, -0.05) is 42.5 Å². The van der Waals surface area contributed by atoms with E-state index in [9.17, 15) is 4.79 Å². The molecule has 0 aliphatic carbocycles. The third kappa shape index (κ3) is 5.08. The number of nitrogens with zero attached hydrogens (tertiary/aromatic N) is 3. The van der Waals surface area contributed by atoms with Crippen molar-refractivity contribution in [2.45, 2.75) is 33.4 Å². The lowest BCUT2D eigenvalue weighted by Crippen LogP contribution is -2.32. The van der Waals surface area contributed by atoms with Gasteiger partial charge in [0.1, 0.15) is 0 Å². The Labute approximate surface area is 166 Å². The van der Waals surface area contributed by atoms with Crippen LogP contribution in [-0.2, 0) is 13.1 Å². The molecule has 1 aromatic heterocycles. The van der Waals surface area contributed by atoms with Crippen LogP contribution < -0.4 is 5.73 Å². The maximum absolute atomic E-state index is 13.0. The first-order chi connectivity index (χ1) is 13.6. The molecule has 0 saturated carbocycles. The second-order valence-corrected chi connectivity index (χ2v) is 7.14. The van der Waals surface area contributed by atoms with E-state index in [0.717, 1.165) is 28.9 Å². The molecule has 0 saturated heterocycles. The van der Waals surface area contributed by atoms with Crippen molar-refractivity contribution in [3.05, 3.63) is 88.7 Å². The Balaban J connectivity index is 1.72. The zero-order valence-corrected chi connectivity index (χ0v) is 16.6. The van der Waals surface area contributed by atoms with Gasteiger partial charge in [-0.3, -0.25) is 9.48 Å². The summed E-state index contributed by atoms with van der Waals surface area (Å²) in [6.45, 7) is 6.56. The van der Waals surface area contributed by atoms with Crippen molar-refractivity contribution in [3.63, 3.8) is 0 Å². The molecule has 0 unspecified atom stereocenters. The van der Waals surface area contributed by atoms with Crippen molar-refractivity contribution in [1.82, 2.24) is 14.7 Å². The third-order valence-corrected chi connectivity index (χ3v) is 4.77. The molecule has 0 aliphatic heterocycles. The summed E-state index contributed by atoms with van der Waals surface area (Å²) in [7, 11) is 0. The van der Waals surface area contributed by atoms with Crippen LogP contribution in [0.2, 0.25) is 0 Å². The minimum atomic E-state index is 0.0370. The number of amides is 1. The van der Waals surface area contributed by atoms with Crippen molar-refractivity contribution in [2.75, 3.05) is 13.1 Å². The fraction of sp³-hybridized carbons (Fsp3) is 0.304. The van der Waals surface area contributed by atoms with Gasteiger partial charge >= 0.3 is 0 Å². The minimum absolute atomic E-state index is 0.0370. The summed E-state index contributed by atoms with van der Waals surface area (Å²) < 4.78 is 1.98. The summed E-state index contributed by atoms with van der Waals surface area (Å²) >= 11 is 0. The molecule has 1 heterocycles. The Hall–Kier alpha value is -2.92. The standard InChI is InChI=1S/C23H28N4O/c1-18-15-19(2)27(25-18)17-21-9-11-22(12-10-21)23(28)26(14-6-13-24)16-20-7-4-3-5-8-20/h3-5,7-12,15H,6,13-14,16-17,24H2,1-2H3. The fourth-order valence-corrected chi connectivity index (χ4v) is 3.28. The highest BCUT2D eigenvalue weighted by Crippen LogP contribution is 2.13. The average Bonchev–Trinajstić information content (AvgIpc) is 3.02. The summed E-state index contributed by atoms with van der Waals surface area (Å²) in [4.78, 5) is 14.9. The molecular formula is C23H28N4O. The Kier molecular flexibility index (Phi) is 6.61. The highest BCUT2D eigenvalue weighted by atomic mass is 16.2. The van der Waals surface area contributed by atoms with E-state index >= 15 is 0 Å². The summed E-state index contributed by atoms with van der Waals surface area (Å²) in [5.74, 6) is 0.0370. The maximum Gasteiger partial charge on any atom is 0.254 e. The predicted molar refractivity (Wildman–Crippen MR) is 112 cm³/mol. The second-order valence-electron chi connectivity index (χ2n) is 7.14. The van der Waals surface area contributed by atoms with Crippen LogP contribution in [0.1, 0.15) is 39.3 Å². The van der Waals surface area contributed by atoms with Crippen molar-refractivity contribution < 1.29 is 4.79 Å². The lowest BCUT2D eigenvalue weighted by atomic mass is 10.1. The third-order valence-electron chi connectivity index (χ3n) is 4.77. The molecule has 2 aromatic carbocycles. The Morgan fingerprint density at radius 1 is 1.04 bits per heavy atom. The number of rotatable bonds is 8. The molecular weight excluding hydrogens is 348 g/mol. The van der Waals surface area contributed by atoms with Crippen LogP contribution >= 0.6 is 0 Å². The Morgan fingerprint density at radius 3 is 2.36 bits per heavy atom. The Bertz CT molecular complexity index is 900. The number of hydrogen-bond donors (Lipinski definition) is 1. The molecule has 0 bridgehead atoms. The van der Waals surface area contributed by atoms with Crippen LogP contribution in [0.5, 0.6) is 0 Å². The van der Waals surface area contributed by atoms with Gasteiger partial charge in [0.2, 0.25) is 0 Å². The molecule has 0 aliphatic rings. The van der Waals surface area contributed by atoms with Crippen LogP contribution in [-0.4, -0.2) is 33.7 Å². The van der Waals surface area contributed by atoms with Crippen LogP contribution in [0.3, 0.4) is 0 Å². The van der Waals surface area contributed by atoms with Gasteiger partial charge in [-0.05, 0) is 56.1 Å². The van der Waals surface area contributed by atoms with E-state index in [1.807, 2.05) is 71.1 Å². The quantitative estimate of drug-likeness (QED) is 0.654. The lowest BCUT2D eigenvalue weighted by Gasteiger charge is -2.23. The molecule has 0 spiro atoms. The highest BCUT2D eigenvalue weighted by molar-refractivity contribution is 5.94. The van der Waals surface area contributed by atoms with E-state index in [4.69, 9.17) is 5.73 Å². The maximum atomic E-state index is 13.0. The van der Waals surface area contributed by atoms with Gasteiger partial charge in [-0.2, -0.15) is 5.10 Å². The summed E-state index contributed by atoms with van der Waals surface area (Å²) in [5.41, 5.74) is 10.8. The first-order valence-corrected chi connectivity index (χ1v) is 9.70. The van der Waals surface area contributed by atoms with Gasteiger partial charge in [0.25, 0.3) is 5.91 Å². The zero-order valence-electron chi connectivity index (χ0n) is 16.6. The van der Waals surface area contributed by atoms with E-state index in [-0.39, 0.29) is 5.91 Å². The highest BCUT2D eigenvalue weighted by Gasteiger charge is 2.16. The van der Waals surface area contributed by atoms with E-state index in [2.05, 4.69) is 18.1 Å². The van der Waals surface area contributed by atoms with Gasteiger partial charge in [0.15, 0.2) is 0 Å². The van der Waals surface area contributed by atoms with E-state index in [0.29, 0.717) is 31.7 Å². The first kappa shape index (κ1) is 19.8. The van der Waals surface area contributed by atoms with E-state index in [1.165, 1.54) is 0 Å². The van der Waals surface area contributed by atoms with Gasteiger partial charge in [0.05, 0.1) is 12.2 Å². The summed E-state index contributed by atoms with van der Waals surface area (Å²) in [5, 5.41) is 4.50. The smallest absolute Gasteiger partial charge is 0.254 e. The lowest BCUT2D eigenvalue weighted by molar-refractivity contribution is 0.0742. The number of hydrogen-bond acceptors (Lipinski definition) is 3. The number of carbonyl (C=O) groups excluding carboxylic acids is 1. The number of benzene rings is 2. The first-order valence-electron chi connectivity index (χ1n) is 9.70. The molecule has 3 rings (SSSR count). The molecule has 28 heavy (non-hydrogen) atoms. The topological polar surface area (TPSA) is 64.2 Å². The van der Waals surface area contributed by atoms with Crippen LogP contribution in [0, 0.1) is 13.8 Å².